The summed E-state index contributed by atoms with van der Waals surface area (Å²) < 4.78 is 6.03. The molecule has 1 aromatic carbocycles. The molecule has 1 heterocycles. The Hall–Kier alpha value is -1.02. The Morgan fingerprint density at radius 2 is 2.00 bits per heavy atom. The van der Waals surface area contributed by atoms with E-state index < -0.39 is 0 Å². The molecule has 1 aromatic rings. The molecule has 0 spiro atoms. The Kier molecular flexibility index (Phi) is 3.49. The number of nitrogens with zero attached hydrogens (tertiary/aromatic N) is 1. The second-order valence-corrected chi connectivity index (χ2v) is 4.79. The summed E-state index contributed by atoms with van der Waals surface area (Å²) in [7, 11) is 2.14. The first-order valence-corrected chi connectivity index (χ1v) is 6.11. The number of piperidine rings is 1. The van der Waals surface area contributed by atoms with E-state index in [4.69, 9.17) is 4.74 Å². The van der Waals surface area contributed by atoms with Crippen LogP contribution >= 0.6 is 0 Å². The molecule has 2 nitrogen and oxygen atoms in total. The lowest BCUT2D eigenvalue weighted by atomic mass is 10.1. The molecule has 0 radical (unpaired) electrons. The van der Waals surface area contributed by atoms with Gasteiger partial charge in [-0.05, 0) is 63.4 Å². The molecule has 0 aromatic heterocycles. The van der Waals surface area contributed by atoms with Crippen LogP contribution in [0.5, 0.6) is 5.75 Å². The first-order chi connectivity index (χ1) is 7.66. The van der Waals surface area contributed by atoms with Gasteiger partial charge in [0.2, 0.25) is 0 Å². The first kappa shape index (κ1) is 11.5. The third-order valence-electron chi connectivity index (χ3n) is 3.45. The predicted molar refractivity (Wildman–Crippen MR) is 66.8 cm³/mol. The number of aryl methyl sites for hydroxylation is 2. The lowest BCUT2D eigenvalue weighted by molar-refractivity contribution is 0.0150. The summed E-state index contributed by atoms with van der Waals surface area (Å²) in [4.78, 5) is 2.30. The summed E-state index contributed by atoms with van der Waals surface area (Å²) in [5, 5.41) is 0. The van der Waals surface area contributed by atoms with E-state index in [2.05, 4.69) is 44.0 Å². The van der Waals surface area contributed by atoms with Crippen molar-refractivity contribution in [3.63, 3.8) is 0 Å². The number of rotatable bonds is 2. The van der Waals surface area contributed by atoms with Crippen molar-refractivity contribution in [1.82, 2.24) is 4.90 Å². The van der Waals surface area contributed by atoms with Gasteiger partial charge in [0, 0.05) is 6.54 Å². The van der Waals surface area contributed by atoms with Crippen LogP contribution in [0.15, 0.2) is 18.2 Å². The molecule has 0 amide bonds. The van der Waals surface area contributed by atoms with Gasteiger partial charge in [-0.2, -0.15) is 0 Å². The summed E-state index contributed by atoms with van der Waals surface area (Å²) in [6.07, 6.45) is 3.97. The van der Waals surface area contributed by atoms with Gasteiger partial charge in [0.05, 0.1) is 0 Å². The predicted octanol–water partition coefficient (Wildman–Crippen LogP) is 3.12. The fourth-order valence-electron chi connectivity index (χ4n) is 2.14. The molecule has 0 bridgehead atoms. The van der Waals surface area contributed by atoms with Gasteiger partial charge in [0.1, 0.15) is 5.75 Å². The summed E-state index contributed by atoms with van der Waals surface area (Å²) in [6.45, 7) is 5.41. The fraction of sp³-hybridized carbons (Fsp3) is 0.571. The topological polar surface area (TPSA) is 12.5 Å². The summed E-state index contributed by atoms with van der Waals surface area (Å²) in [6, 6.07) is 6.34. The normalized spacial score (nSPS) is 22.1. The SMILES string of the molecule is Cc1ccc(OC2CCCCN2C)cc1C. The maximum absolute atomic E-state index is 6.03. The van der Waals surface area contributed by atoms with Gasteiger partial charge in [0.25, 0.3) is 0 Å². The van der Waals surface area contributed by atoms with Gasteiger partial charge in [0.15, 0.2) is 6.23 Å². The average Bonchev–Trinajstić information content (AvgIpc) is 2.27. The van der Waals surface area contributed by atoms with E-state index in [0.717, 1.165) is 18.7 Å². The Balaban J connectivity index is 2.05. The van der Waals surface area contributed by atoms with E-state index in [-0.39, 0.29) is 6.23 Å². The minimum absolute atomic E-state index is 0.260. The molecule has 1 aliphatic rings. The zero-order valence-electron chi connectivity index (χ0n) is 10.5. The van der Waals surface area contributed by atoms with Crippen molar-refractivity contribution >= 4 is 0 Å². The van der Waals surface area contributed by atoms with Crippen molar-refractivity contribution in [2.75, 3.05) is 13.6 Å². The van der Waals surface area contributed by atoms with E-state index in [1.165, 1.54) is 24.0 Å². The summed E-state index contributed by atoms with van der Waals surface area (Å²) in [5.41, 5.74) is 2.63. The zero-order chi connectivity index (χ0) is 11.5. The van der Waals surface area contributed by atoms with Crippen LogP contribution in [0.1, 0.15) is 30.4 Å². The van der Waals surface area contributed by atoms with E-state index in [1.807, 2.05) is 0 Å². The number of ether oxygens (including phenoxy) is 1. The minimum Gasteiger partial charge on any atom is -0.475 e. The lowest BCUT2D eigenvalue weighted by Gasteiger charge is -2.32. The fourth-order valence-corrected chi connectivity index (χ4v) is 2.14. The van der Waals surface area contributed by atoms with Gasteiger partial charge in [-0.15, -0.1) is 0 Å². The molecule has 2 rings (SSSR count). The molecule has 16 heavy (non-hydrogen) atoms. The molecule has 0 saturated carbocycles. The maximum atomic E-state index is 6.03. The Labute approximate surface area is 98.2 Å². The quantitative estimate of drug-likeness (QED) is 0.757. The molecular weight excluding hydrogens is 198 g/mol. The van der Waals surface area contributed by atoms with Gasteiger partial charge in [-0.3, -0.25) is 4.90 Å². The van der Waals surface area contributed by atoms with E-state index in [0.29, 0.717) is 0 Å². The van der Waals surface area contributed by atoms with Crippen LogP contribution in [0.25, 0.3) is 0 Å². The second-order valence-electron chi connectivity index (χ2n) is 4.79. The third-order valence-corrected chi connectivity index (χ3v) is 3.45. The molecule has 1 atom stereocenters. The minimum atomic E-state index is 0.260. The van der Waals surface area contributed by atoms with Crippen molar-refractivity contribution in [2.45, 2.75) is 39.3 Å². The van der Waals surface area contributed by atoms with E-state index in [1.54, 1.807) is 0 Å². The van der Waals surface area contributed by atoms with Crippen LogP contribution in [-0.2, 0) is 0 Å². The lowest BCUT2D eigenvalue weighted by Crippen LogP contribution is -2.40. The van der Waals surface area contributed by atoms with Crippen molar-refractivity contribution in [1.29, 1.82) is 0 Å². The Morgan fingerprint density at radius 3 is 2.69 bits per heavy atom. The highest BCUT2D eigenvalue weighted by atomic mass is 16.5. The highest BCUT2D eigenvalue weighted by Crippen LogP contribution is 2.22. The van der Waals surface area contributed by atoms with Gasteiger partial charge >= 0.3 is 0 Å². The summed E-state index contributed by atoms with van der Waals surface area (Å²) in [5.74, 6) is 1.00. The Bertz CT molecular complexity index is 362. The number of hydrogen-bond donors (Lipinski definition) is 0. The smallest absolute Gasteiger partial charge is 0.152 e. The molecule has 1 saturated heterocycles. The van der Waals surface area contributed by atoms with Crippen molar-refractivity contribution in [3.05, 3.63) is 29.3 Å². The maximum Gasteiger partial charge on any atom is 0.152 e. The molecule has 2 heteroatoms. The molecule has 0 N–H and O–H groups in total. The molecular formula is C14H21NO. The van der Waals surface area contributed by atoms with E-state index >= 15 is 0 Å². The van der Waals surface area contributed by atoms with Crippen LogP contribution in [0, 0.1) is 13.8 Å². The number of benzene rings is 1. The van der Waals surface area contributed by atoms with Crippen LogP contribution in [0.2, 0.25) is 0 Å². The standard InChI is InChI=1S/C14H21NO/c1-11-7-8-13(10-12(11)2)16-14-6-4-5-9-15(14)3/h7-8,10,14H,4-6,9H2,1-3H3. The molecule has 88 valence electrons. The Morgan fingerprint density at radius 1 is 1.19 bits per heavy atom. The first-order valence-electron chi connectivity index (χ1n) is 6.11. The van der Waals surface area contributed by atoms with Crippen molar-refractivity contribution in [2.24, 2.45) is 0 Å². The van der Waals surface area contributed by atoms with Gasteiger partial charge < -0.3 is 4.74 Å². The molecule has 0 aliphatic carbocycles. The molecule has 1 fully saturated rings. The third kappa shape index (κ3) is 2.56. The number of hydrogen-bond acceptors (Lipinski definition) is 2. The van der Waals surface area contributed by atoms with Gasteiger partial charge in [-0.1, -0.05) is 6.07 Å². The van der Waals surface area contributed by atoms with Crippen LogP contribution in [0.3, 0.4) is 0 Å². The molecule has 1 unspecified atom stereocenters. The van der Waals surface area contributed by atoms with Crippen molar-refractivity contribution < 1.29 is 4.74 Å². The summed E-state index contributed by atoms with van der Waals surface area (Å²) >= 11 is 0. The molecule has 1 aliphatic heterocycles. The average molecular weight is 219 g/mol. The van der Waals surface area contributed by atoms with Crippen LogP contribution in [0.4, 0.5) is 0 Å². The number of likely N-dealkylation sites (tertiary alicyclic amines) is 1. The highest BCUT2D eigenvalue weighted by Gasteiger charge is 2.20. The van der Waals surface area contributed by atoms with Crippen molar-refractivity contribution in [3.8, 4) is 5.75 Å². The van der Waals surface area contributed by atoms with E-state index in [9.17, 15) is 0 Å². The van der Waals surface area contributed by atoms with Crippen LogP contribution < -0.4 is 4.74 Å². The zero-order valence-corrected chi connectivity index (χ0v) is 10.5. The second kappa shape index (κ2) is 4.88. The van der Waals surface area contributed by atoms with Gasteiger partial charge in [-0.25, -0.2) is 0 Å². The highest BCUT2D eigenvalue weighted by molar-refractivity contribution is 5.33. The van der Waals surface area contributed by atoms with Crippen LogP contribution in [-0.4, -0.2) is 24.7 Å². The largest absolute Gasteiger partial charge is 0.475 e. The monoisotopic (exact) mass is 219 g/mol.